The van der Waals surface area contributed by atoms with E-state index >= 15 is 0 Å². The number of hydrogen-bond donors (Lipinski definition) is 2. The van der Waals surface area contributed by atoms with Crippen molar-refractivity contribution in [1.29, 1.82) is 0 Å². The van der Waals surface area contributed by atoms with Crippen LogP contribution in [0.1, 0.15) is 10.4 Å². The Labute approximate surface area is 121 Å². The minimum atomic E-state index is -4.63. The van der Waals surface area contributed by atoms with Gasteiger partial charge in [-0.05, 0) is 12.1 Å². The standard InChI is InChI=1S/C9H7Cl2F3N2O3S/c10-4-1-2-5(20(15,18)19)7(11)6(4)8(17)16-3-9(12,13)14/h1-2H,3H2,(H,16,17)(H2,15,18,19). The number of carbonyl (C=O) groups is 1. The van der Waals surface area contributed by atoms with E-state index < -0.39 is 44.1 Å². The van der Waals surface area contributed by atoms with Crippen LogP contribution in [0, 0.1) is 0 Å². The zero-order chi connectivity index (χ0) is 15.7. The maximum Gasteiger partial charge on any atom is 0.405 e. The summed E-state index contributed by atoms with van der Waals surface area (Å²) in [5.74, 6) is -1.26. The number of nitrogens with two attached hydrogens (primary N) is 1. The van der Waals surface area contributed by atoms with E-state index in [2.05, 4.69) is 0 Å². The van der Waals surface area contributed by atoms with Crippen LogP contribution >= 0.6 is 23.2 Å². The maximum absolute atomic E-state index is 12.0. The van der Waals surface area contributed by atoms with Gasteiger partial charge in [0.25, 0.3) is 5.91 Å². The predicted molar refractivity (Wildman–Crippen MR) is 66.2 cm³/mol. The number of nitrogens with one attached hydrogen (secondary N) is 1. The van der Waals surface area contributed by atoms with Crippen LogP contribution in [0.4, 0.5) is 13.2 Å². The second-order valence-electron chi connectivity index (χ2n) is 3.58. The maximum atomic E-state index is 12.0. The van der Waals surface area contributed by atoms with E-state index in [1.807, 2.05) is 0 Å². The molecule has 0 unspecified atom stereocenters. The number of primary sulfonamides is 1. The molecular formula is C9H7Cl2F3N2O3S. The zero-order valence-electron chi connectivity index (χ0n) is 9.46. The molecule has 20 heavy (non-hydrogen) atoms. The second kappa shape index (κ2) is 5.76. The minimum absolute atomic E-state index is 0.304. The Bertz CT molecular complexity index is 647. The molecule has 0 atom stereocenters. The lowest BCUT2D eigenvalue weighted by Gasteiger charge is -2.12. The molecule has 1 aromatic carbocycles. The highest BCUT2D eigenvalue weighted by atomic mass is 35.5. The Morgan fingerprint density at radius 3 is 2.30 bits per heavy atom. The van der Waals surface area contributed by atoms with Crippen LogP contribution in [0.25, 0.3) is 0 Å². The summed E-state index contributed by atoms with van der Waals surface area (Å²) < 4.78 is 58.4. The number of alkyl halides is 3. The SMILES string of the molecule is NS(=O)(=O)c1ccc(Cl)c(C(=O)NCC(F)(F)F)c1Cl. The average molecular weight is 351 g/mol. The molecule has 0 saturated heterocycles. The third-order valence-electron chi connectivity index (χ3n) is 2.04. The molecule has 0 aromatic heterocycles. The van der Waals surface area contributed by atoms with Crippen LogP contribution in [0.5, 0.6) is 0 Å². The Balaban J connectivity index is 3.22. The van der Waals surface area contributed by atoms with Crippen LogP contribution in [0.15, 0.2) is 17.0 Å². The summed E-state index contributed by atoms with van der Waals surface area (Å²) in [5.41, 5.74) is -0.593. The van der Waals surface area contributed by atoms with Gasteiger partial charge in [-0.1, -0.05) is 23.2 Å². The van der Waals surface area contributed by atoms with Gasteiger partial charge in [-0.15, -0.1) is 0 Å². The predicted octanol–water partition coefficient (Wildman–Crippen LogP) is 1.93. The van der Waals surface area contributed by atoms with Gasteiger partial charge in [0.1, 0.15) is 11.4 Å². The van der Waals surface area contributed by atoms with E-state index in [-0.39, 0.29) is 5.02 Å². The number of rotatable bonds is 3. The molecule has 112 valence electrons. The molecule has 1 aromatic rings. The first-order chi connectivity index (χ1) is 8.93. The van der Waals surface area contributed by atoms with Crippen molar-refractivity contribution in [2.24, 2.45) is 5.14 Å². The van der Waals surface area contributed by atoms with Crippen molar-refractivity contribution < 1.29 is 26.4 Å². The van der Waals surface area contributed by atoms with Gasteiger partial charge in [-0.2, -0.15) is 13.2 Å². The number of sulfonamides is 1. The molecule has 11 heteroatoms. The number of halogens is 5. The third kappa shape index (κ3) is 4.23. The molecule has 0 saturated carbocycles. The average Bonchev–Trinajstić information content (AvgIpc) is 2.23. The van der Waals surface area contributed by atoms with Crippen molar-refractivity contribution in [3.05, 3.63) is 27.7 Å². The number of hydrogen-bond acceptors (Lipinski definition) is 3. The van der Waals surface area contributed by atoms with Gasteiger partial charge < -0.3 is 5.32 Å². The van der Waals surface area contributed by atoms with Crippen LogP contribution in [0.3, 0.4) is 0 Å². The molecule has 0 aliphatic heterocycles. The van der Waals surface area contributed by atoms with Crippen molar-refractivity contribution in [3.8, 4) is 0 Å². The van der Waals surface area contributed by atoms with Gasteiger partial charge in [-0.3, -0.25) is 4.79 Å². The fraction of sp³-hybridized carbons (Fsp3) is 0.222. The van der Waals surface area contributed by atoms with E-state index in [9.17, 15) is 26.4 Å². The first-order valence-corrected chi connectivity index (χ1v) is 7.09. The molecule has 1 rings (SSSR count). The number of amides is 1. The van der Waals surface area contributed by atoms with Crippen molar-refractivity contribution in [2.75, 3.05) is 6.54 Å². The summed E-state index contributed by atoms with van der Waals surface area (Å²) in [5, 5.41) is 5.44. The van der Waals surface area contributed by atoms with E-state index in [0.29, 0.717) is 0 Å². The second-order valence-corrected chi connectivity index (χ2v) is 5.89. The summed E-state index contributed by atoms with van der Waals surface area (Å²) in [6, 6.07) is 1.94. The van der Waals surface area contributed by atoms with Gasteiger partial charge in [0, 0.05) is 0 Å². The first kappa shape index (κ1) is 17.0. The van der Waals surface area contributed by atoms with Gasteiger partial charge in [0.05, 0.1) is 15.6 Å². The van der Waals surface area contributed by atoms with Gasteiger partial charge in [0.2, 0.25) is 10.0 Å². The Morgan fingerprint density at radius 2 is 1.85 bits per heavy atom. The molecule has 5 nitrogen and oxygen atoms in total. The van der Waals surface area contributed by atoms with Crippen molar-refractivity contribution in [3.63, 3.8) is 0 Å². The van der Waals surface area contributed by atoms with Crippen molar-refractivity contribution in [2.45, 2.75) is 11.1 Å². The molecule has 0 bridgehead atoms. The highest BCUT2D eigenvalue weighted by Gasteiger charge is 2.29. The topological polar surface area (TPSA) is 89.3 Å². The molecule has 1 amide bonds. The van der Waals surface area contributed by atoms with Gasteiger partial charge in [-0.25, -0.2) is 13.6 Å². The summed E-state index contributed by atoms with van der Waals surface area (Å²) in [6.07, 6.45) is -4.63. The molecule has 0 aliphatic rings. The Morgan fingerprint density at radius 1 is 1.30 bits per heavy atom. The van der Waals surface area contributed by atoms with Crippen LogP contribution in [-0.2, 0) is 10.0 Å². The Hall–Kier alpha value is -1.03. The Kier molecular flexibility index (Phi) is 4.90. The lowest BCUT2D eigenvalue weighted by Crippen LogP contribution is -2.34. The minimum Gasteiger partial charge on any atom is -0.343 e. The molecular weight excluding hydrogens is 344 g/mol. The normalized spacial score (nSPS) is 12.3. The van der Waals surface area contributed by atoms with Crippen LogP contribution < -0.4 is 10.5 Å². The summed E-state index contributed by atoms with van der Waals surface area (Å²) >= 11 is 11.3. The largest absolute Gasteiger partial charge is 0.405 e. The lowest BCUT2D eigenvalue weighted by molar-refractivity contribution is -0.123. The quantitative estimate of drug-likeness (QED) is 0.872. The zero-order valence-corrected chi connectivity index (χ0v) is 11.8. The van der Waals surface area contributed by atoms with Crippen molar-refractivity contribution in [1.82, 2.24) is 5.32 Å². The molecule has 0 heterocycles. The molecule has 0 spiro atoms. The lowest BCUT2D eigenvalue weighted by atomic mass is 10.2. The van der Waals surface area contributed by atoms with Gasteiger partial charge >= 0.3 is 6.18 Å². The number of benzene rings is 1. The van der Waals surface area contributed by atoms with Crippen LogP contribution in [0.2, 0.25) is 10.0 Å². The van der Waals surface area contributed by atoms with E-state index in [1.54, 1.807) is 0 Å². The summed E-state index contributed by atoms with van der Waals surface area (Å²) in [6.45, 7) is -1.61. The highest BCUT2D eigenvalue weighted by Crippen LogP contribution is 2.30. The molecule has 0 aliphatic carbocycles. The molecule has 3 N–H and O–H groups in total. The summed E-state index contributed by atoms with van der Waals surface area (Å²) in [7, 11) is -4.24. The van der Waals surface area contributed by atoms with Gasteiger partial charge in [0.15, 0.2) is 0 Å². The first-order valence-electron chi connectivity index (χ1n) is 4.79. The monoisotopic (exact) mass is 350 g/mol. The third-order valence-corrected chi connectivity index (χ3v) is 3.81. The van der Waals surface area contributed by atoms with E-state index in [1.165, 1.54) is 5.32 Å². The highest BCUT2D eigenvalue weighted by molar-refractivity contribution is 7.89. The van der Waals surface area contributed by atoms with E-state index in [0.717, 1.165) is 12.1 Å². The van der Waals surface area contributed by atoms with Crippen molar-refractivity contribution >= 4 is 39.1 Å². The molecule has 0 radical (unpaired) electrons. The fourth-order valence-electron chi connectivity index (χ4n) is 1.23. The molecule has 0 fully saturated rings. The fourth-order valence-corrected chi connectivity index (χ4v) is 2.70. The smallest absolute Gasteiger partial charge is 0.343 e. The summed E-state index contributed by atoms with van der Waals surface area (Å²) in [4.78, 5) is 11.0. The van der Waals surface area contributed by atoms with Crippen LogP contribution in [-0.4, -0.2) is 27.0 Å². The van der Waals surface area contributed by atoms with E-state index in [4.69, 9.17) is 28.3 Å². The number of carbonyl (C=O) groups excluding carboxylic acids is 1.